The molecule has 1 saturated heterocycles. The summed E-state index contributed by atoms with van der Waals surface area (Å²) < 4.78 is 14.2. The minimum absolute atomic E-state index is 0.0400. The molecule has 5 rings (SSSR count). The van der Waals surface area contributed by atoms with E-state index in [2.05, 4.69) is 38.6 Å². The molecular formula is C27H37FN3O2P. The fourth-order valence-corrected chi connectivity index (χ4v) is 6.71. The Morgan fingerprint density at radius 1 is 1.15 bits per heavy atom. The molecule has 2 amide bonds. The van der Waals surface area contributed by atoms with E-state index in [0.29, 0.717) is 50.2 Å². The zero-order valence-corrected chi connectivity index (χ0v) is 21.1. The first kappa shape index (κ1) is 23.9. The van der Waals surface area contributed by atoms with Crippen LogP contribution in [0.5, 0.6) is 0 Å². The predicted molar refractivity (Wildman–Crippen MR) is 135 cm³/mol. The average molecular weight is 486 g/mol. The number of carbonyl (C=O) groups excluding carboxylic acids is 2. The highest BCUT2D eigenvalue weighted by Crippen LogP contribution is 2.38. The molecule has 34 heavy (non-hydrogen) atoms. The molecule has 7 heteroatoms. The highest BCUT2D eigenvalue weighted by Gasteiger charge is 2.38. The van der Waals surface area contributed by atoms with E-state index in [9.17, 15) is 14.0 Å². The summed E-state index contributed by atoms with van der Waals surface area (Å²) in [4.78, 5) is 27.2. The van der Waals surface area contributed by atoms with Gasteiger partial charge in [0, 0.05) is 29.9 Å². The molecule has 0 aromatic heterocycles. The standard InChI is InChI=1S/C27H37FN3O2P/c1-17-6-9-24(25(32)29-17)31-16-20-15-18(7-8-22(20)26(31)33)14-19-4-2-3-5-23(19)30-21-10-12-27(28,34)13-11-21/h7-8,15,19,21,23-24,30H,1-6,9-14,16,34H2,(H,29,32)/t19-,21?,23?,24?,27?/m1/s1. The number of carbonyl (C=O) groups is 2. The Bertz CT molecular complexity index is 971. The minimum atomic E-state index is -1.08. The Hall–Kier alpha value is -1.78. The molecule has 2 saturated carbocycles. The zero-order valence-electron chi connectivity index (χ0n) is 20.0. The van der Waals surface area contributed by atoms with Crippen LogP contribution in [0.1, 0.15) is 85.7 Å². The van der Waals surface area contributed by atoms with Crippen molar-refractivity contribution in [3.63, 3.8) is 0 Å². The second kappa shape index (κ2) is 9.70. The summed E-state index contributed by atoms with van der Waals surface area (Å²) in [6.45, 7) is 4.34. The lowest BCUT2D eigenvalue weighted by molar-refractivity contribution is -0.126. The minimum Gasteiger partial charge on any atom is -0.329 e. The van der Waals surface area contributed by atoms with Crippen LogP contribution in [0.15, 0.2) is 30.5 Å². The quantitative estimate of drug-likeness (QED) is 0.599. The molecule has 2 heterocycles. The Kier molecular flexibility index (Phi) is 6.83. The summed E-state index contributed by atoms with van der Waals surface area (Å²) in [7, 11) is 2.40. The smallest absolute Gasteiger partial charge is 0.255 e. The van der Waals surface area contributed by atoms with Crippen molar-refractivity contribution in [2.75, 3.05) is 0 Å². The third-order valence-electron chi connectivity index (χ3n) is 8.37. The highest BCUT2D eigenvalue weighted by molar-refractivity contribution is 7.18. The number of alkyl halides is 1. The van der Waals surface area contributed by atoms with Crippen LogP contribution in [-0.2, 0) is 17.8 Å². The monoisotopic (exact) mass is 485 g/mol. The van der Waals surface area contributed by atoms with Gasteiger partial charge in [-0.3, -0.25) is 9.59 Å². The number of piperidine rings is 1. The summed E-state index contributed by atoms with van der Waals surface area (Å²) in [6, 6.07) is 6.71. The van der Waals surface area contributed by atoms with Gasteiger partial charge in [-0.15, -0.1) is 0 Å². The number of nitrogens with zero attached hydrogens (tertiary/aromatic N) is 1. The number of nitrogens with one attached hydrogen (secondary N) is 2. The van der Waals surface area contributed by atoms with Crippen LogP contribution < -0.4 is 10.6 Å². The normalized spacial score (nSPS) is 34.2. The molecule has 2 aliphatic carbocycles. The Balaban J connectivity index is 1.24. The Morgan fingerprint density at radius 2 is 1.91 bits per heavy atom. The first-order valence-corrected chi connectivity index (χ1v) is 13.5. The summed E-state index contributed by atoms with van der Waals surface area (Å²) in [5, 5.41) is 5.62. The molecule has 5 nitrogen and oxygen atoms in total. The van der Waals surface area contributed by atoms with Crippen LogP contribution in [0.4, 0.5) is 4.39 Å². The van der Waals surface area contributed by atoms with Gasteiger partial charge in [0.2, 0.25) is 5.91 Å². The first-order valence-electron chi connectivity index (χ1n) is 12.9. The molecule has 4 atom stereocenters. The lowest BCUT2D eigenvalue weighted by atomic mass is 9.79. The molecule has 2 aliphatic heterocycles. The third kappa shape index (κ3) is 5.09. The SMILES string of the molecule is C=C1CCC(N2Cc3cc(C[C@H]4CCCCC4NC4CCC(F)(P)CC4)ccc3C2=O)C(=O)N1. The van der Waals surface area contributed by atoms with E-state index in [0.717, 1.165) is 36.1 Å². The number of fused-ring (bicyclic) bond motifs is 1. The molecular weight excluding hydrogens is 448 g/mol. The van der Waals surface area contributed by atoms with Crippen molar-refractivity contribution in [2.24, 2.45) is 5.92 Å². The van der Waals surface area contributed by atoms with Gasteiger partial charge >= 0.3 is 0 Å². The number of benzene rings is 1. The number of hydrogen-bond donors (Lipinski definition) is 2. The van der Waals surface area contributed by atoms with E-state index < -0.39 is 11.5 Å². The van der Waals surface area contributed by atoms with Gasteiger partial charge in [-0.05, 0) is 80.9 Å². The summed E-state index contributed by atoms with van der Waals surface area (Å²) in [5.41, 5.74) is 3.76. The number of hydrogen-bond acceptors (Lipinski definition) is 3. The topological polar surface area (TPSA) is 61.4 Å². The van der Waals surface area contributed by atoms with Gasteiger partial charge in [0.25, 0.3) is 5.91 Å². The van der Waals surface area contributed by atoms with Crippen LogP contribution in [0.2, 0.25) is 0 Å². The fourth-order valence-electron chi connectivity index (χ4n) is 6.38. The lowest BCUT2D eigenvalue weighted by Gasteiger charge is -2.38. The van der Waals surface area contributed by atoms with E-state index in [-0.39, 0.29) is 11.8 Å². The van der Waals surface area contributed by atoms with Crippen molar-refractivity contribution in [1.82, 2.24) is 15.5 Å². The predicted octanol–water partition coefficient (Wildman–Crippen LogP) is 4.61. The van der Waals surface area contributed by atoms with Crippen LogP contribution in [0.25, 0.3) is 0 Å². The molecule has 184 valence electrons. The molecule has 3 fully saturated rings. The van der Waals surface area contributed by atoms with Crippen molar-refractivity contribution in [2.45, 2.75) is 101 Å². The van der Waals surface area contributed by atoms with Crippen LogP contribution in [-0.4, -0.2) is 40.2 Å². The van der Waals surface area contributed by atoms with E-state index >= 15 is 0 Å². The highest BCUT2D eigenvalue weighted by atomic mass is 31.0. The van der Waals surface area contributed by atoms with Gasteiger partial charge in [0.05, 0.1) is 0 Å². The van der Waals surface area contributed by atoms with Gasteiger partial charge < -0.3 is 15.5 Å². The Morgan fingerprint density at radius 3 is 2.68 bits per heavy atom. The summed E-state index contributed by atoms with van der Waals surface area (Å²) >= 11 is 0. The van der Waals surface area contributed by atoms with Crippen LogP contribution in [0.3, 0.4) is 0 Å². The van der Waals surface area contributed by atoms with E-state index in [4.69, 9.17) is 0 Å². The van der Waals surface area contributed by atoms with Gasteiger partial charge in [0.1, 0.15) is 11.5 Å². The van der Waals surface area contributed by atoms with Crippen LogP contribution >= 0.6 is 9.24 Å². The van der Waals surface area contributed by atoms with Crippen molar-refractivity contribution in [1.29, 1.82) is 0 Å². The van der Waals surface area contributed by atoms with Crippen molar-refractivity contribution < 1.29 is 14.0 Å². The summed E-state index contributed by atoms with van der Waals surface area (Å²) in [5.74, 6) is 0.396. The lowest BCUT2D eigenvalue weighted by Crippen LogP contribution is -2.49. The molecule has 0 bridgehead atoms. The maximum absolute atomic E-state index is 14.2. The summed E-state index contributed by atoms with van der Waals surface area (Å²) in [6.07, 6.45) is 10.3. The second-order valence-corrected chi connectivity index (χ2v) is 11.9. The van der Waals surface area contributed by atoms with E-state index in [1.807, 2.05) is 6.07 Å². The fraction of sp³-hybridized carbons (Fsp3) is 0.630. The average Bonchev–Trinajstić information content (AvgIpc) is 3.12. The number of amides is 2. The molecule has 1 aromatic carbocycles. The molecule has 3 unspecified atom stereocenters. The molecule has 0 spiro atoms. The first-order chi connectivity index (χ1) is 16.3. The van der Waals surface area contributed by atoms with Crippen molar-refractivity contribution in [3.8, 4) is 0 Å². The van der Waals surface area contributed by atoms with E-state index in [1.165, 1.54) is 31.2 Å². The third-order valence-corrected chi connectivity index (χ3v) is 8.95. The van der Waals surface area contributed by atoms with Gasteiger partial charge in [-0.1, -0.05) is 40.8 Å². The number of allylic oxidation sites excluding steroid dienone is 1. The number of rotatable bonds is 5. The second-order valence-electron chi connectivity index (χ2n) is 10.9. The largest absolute Gasteiger partial charge is 0.329 e. The number of halogens is 1. The van der Waals surface area contributed by atoms with Crippen molar-refractivity contribution in [3.05, 3.63) is 47.2 Å². The molecule has 0 radical (unpaired) electrons. The van der Waals surface area contributed by atoms with Gasteiger partial charge in [-0.25, -0.2) is 4.39 Å². The maximum Gasteiger partial charge on any atom is 0.255 e. The molecule has 4 aliphatic rings. The maximum atomic E-state index is 14.2. The van der Waals surface area contributed by atoms with E-state index in [1.54, 1.807) is 4.90 Å². The van der Waals surface area contributed by atoms with Gasteiger partial charge in [0.15, 0.2) is 0 Å². The molecule has 2 N–H and O–H groups in total. The Labute approximate surface area is 204 Å². The molecule has 1 aromatic rings. The van der Waals surface area contributed by atoms with Crippen molar-refractivity contribution >= 4 is 21.1 Å². The zero-order chi connectivity index (χ0) is 23.9. The van der Waals surface area contributed by atoms with Crippen LogP contribution in [0, 0.1) is 5.92 Å². The van der Waals surface area contributed by atoms with Gasteiger partial charge in [-0.2, -0.15) is 0 Å².